The number of aliphatic carboxylic acids is 1. The van der Waals surface area contributed by atoms with Crippen molar-refractivity contribution in [2.45, 2.75) is 65.2 Å². The van der Waals surface area contributed by atoms with E-state index in [-0.39, 0.29) is 36.4 Å². The molecule has 3 saturated heterocycles. The maximum atomic E-state index is 13.0. The van der Waals surface area contributed by atoms with Gasteiger partial charge < -0.3 is 9.84 Å². The molecule has 22 heavy (non-hydrogen) atoms. The van der Waals surface area contributed by atoms with Gasteiger partial charge in [0.05, 0.1) is 23.0 Å². The van der Waals surface area contributed by atoms with E-state index >= 15 is 0 Å². The second kappa shape index (κ2) is 4.54. The number of nitrogens with zero attached hydrogens (tertiary/aromatic N) is 1. The summed E-state index contributed by atoms with van der Waals surface area (Å²) >= 11 is 0. The van der Waals surface area contributed by atoms with Crippen molar-refractivity contribution in [3.05, 3.63) is 0 Å². The third kappa shape index (κ3) is 1.56. The van der Waals surface area contributed by atoms with Crippen molar-refractivity contribution in [2.24, 2.45) is 16.7 Å². The SMILES string of the molecule is CC(C)C[C@@H](C(=O)O)N1C(=O)[C@@]2(C)[C@@H]3CC[C@@H](O3)[C@@]2(C)C1=O. The van der Waals surface area contributed by atoms with Gasteiger partial charge in [-0.15, -0.1) is 0 Å². The molecule has 3 fully saturated rings. The van der Waals surface area contributed by atoms with E-state index in [1.807, 2.05) is 13.8 Å². The van der Waals surface area contributed by atoms with Crippen LogP contribution in [0, 0.1) is 16.7 Å². The lowest BCUT2D eigenvalue weighted by Crippen LogP contribution is -2.48. The standard InChI is InChI=1S/C16H23NO5/c1-8(2)7-9(12(18)19)17-13(20)15(3)10-5-6-11(22-10)16(15,4)14(17)21/h8-11H,5-7H2,1-4H3,(H,18,19)/t9-,10-,11+,15+,16-/m0/s1. The fourth-order valence-electron chi connectivity index (χ4n) is 4.51. The van der Waals surface area contributed by atoms with Crippen molar-refractivity contribution in [2.75, 3.05) is 0 Å². The van der Waals surface area contributed by atoms with Gasteiger partial charge in [0.25, 0.3) is 0 Å². The molecule has 6 nitrogen and oxygen atoms in total. The second-order valence-corrected chi connectivity index (χ2v) is 7.56. The first-order chi connectivity index (χ1) is 10.2. The molecule has 5 atom stereocenters. The van der Waals surface area contributed by atoms with E-state index in [1.165, 1.54) is 0 Å². The molecular formula is C16H23NO5. The summed E-state index contributed by atoms with van der Waals surface area (Å²) in [5.74, 6) is -1.79. The van der Waals surface area contributed by atoms with Gasteiger partial charge in [-0.2, -0.15) is 0 Å². The van der Waals surface area contributed by atoms with Crippen LogP contribution in [0.3, 0.4) is 0 Å². The zero-order chi connectivity index (χ0) is 16.4. The number of hydrogen-bond donors (Lipinski definition) is 1. The third-order valence-electron chi connectivity index (χ3n) is 6.00. The second-order valence-electron chi connectivity index (χ2n) is 7.56. The highest BCUT2D eigenvalue weighted by molar-refractivity contribution is 6.12. The predicted molar refractivity (Wildman–Crippen MR) is 76.8 cm³/mol. The summed E-state index contributed by atoms with van der Waals surface area (Å²) < 4.78 is 5.84. The number of carbonyl (C=O) groups excluding carboxylic acids is 2. The van der Waals surface area contributed by atoms with Gasteiger partial charge in [0.15, 0.2) is 0 Å². The van der Waals surface area contributed by atoms with Gasteiger partial charge in [-0.3, -0.25) is 14.5 Å². The fourth-order valence-corrected chi connectivity index (χ4v) is 4.51. The molecule has 0 aromatic heterocycles. The fraction of sp³-hybridized carbons (Fsp3) is 0.812. The lowest BCUT2D eigenvalue weighted by atomic mass is 9.59. The number of carboxylic acid groups (broad SMARTS) is 1. The predicted octanol–water partition coefficient (Wildman–Crippen LogP) is 1.43. The molecule has 1 N–H and O–H groups in total. The van der Waals surface area contributed by atoms with E-state index in [2.05, 4.69) is 0 Å². The summed E-state index contributed by atoms with van der Waals surface area (Å²) in [5.41, 5.74) is -1.87. The van der Waals surface area contributed by atoms with E-state index in [4.69, 9.17) is 4.74 Å². The van der Waals surface area contributed by atoms with Gasteiger partial charge in [-0.25, -0.2) is 4.79 Å². The van der Waals surface area contributed by atoms with Crippen LogP contribution in [0.4, 0.5) is 0 Å². The van der Waals surface area contributed by atoms with E-state index < -0.39 is 22.8 Å². The van der Waals surface area contributed by atoms with Crippen LogP contribution >= 0.6 is 0 Å². The molecule has 0 radical (unpaired) electrons. The van der Waals surface area contributed by atoms with Crippen molar-refractivity contribution in [1.29, 1.82) is 0 Å². The number of fused-ring (bicyclic) bond motifs is 5. The molecule has 3 aliphatic rings. The number of rotatable bonds is 4. The van der Waals surface area contributed by atoms with Crippen molar-refractivity contribution < 1.29 is 24.2 Å². The molecule has 0 unspecified atom stereocenters. The smallest absolute Gasteiger partial charge is 0.326 e. The normalized spacial score (nSPS) is 41.4. The van der Waals surface area contributed by atoms with Gasteiger partial charge in [0.1, 0.15) is 6.04 Å². The van der Waals surface area contributed by atoms with Crippen LogP contribution in [0.2, 0.25) is 0 Å². The first kappa shape index (κ1) is 15.5. The Kier molecular flexibility index (Phi) is 3.19. The summed E-state index contributed by atoms with van der Waals surface area (Å²) in [5, 5.41) is 9.52. The van der Waals surface area contributed by atoms with Crippen molar-refractivity contribution in [3.63, 3.8) is 0 Å². The van der Waals surface area contributed by atoms with E-state index in [1.54, 1.807) is 13.8 Å². The van der Waals surface area contributed by atoms with Crippen molar-refractivity contribution in [1.82, 2.24) is 4.90 Å². The molecule has 122 valence electrons. The molecule has 2 amide bonds. The van der Waals surface area contributed by atoms with Crippen LogP contribution in [0.5, 0.6) is 0 Å². The lowest BCUT2D eigenvalue weighted by Gasteiger charge is -2.36. The minimum absolute atomic E-state index is 0.0794. The molecule has 3 heterocycles. The Hall–Kier alpha value is -1.43. The summed E-state index contributed by atoms with van der Waals surface area (Å²) in [6.45, 7) is 7.31. The van der Waals surface area contributed by atoms with Gasteiger partial charge >= 0.3 is 5.97 Å². The van der Waals surface area contributed by atoms with Gasteiger partial charge in [0, 0.05) is 0 Å². The van der Waals surface area contributed by atoms with Crippen LogP contribution in [0.25, 0.3) is 0 Å². The maximum absolute atomic E-state index is 13.0. The first-order valence-electron chi connectivity index (χ1n) is 7.92. The minimum atomic E-state index is -1.11. The summed E-state index contributed by atoms with van der Waals surface area (Å²) in [6, 6.07) is -1.08. The maximum Gasteiger partial charge on any atom is 0.326 e. The highest BCUT2D eigenvalue weighted by Gasteiger charge is 2.77. The molecule has 3 aliphatic heterocycles. The van der Waals surface area contributed by atoms with Gasteiger partial charge in [-0.05, 0) is 39.0 Å². The average molecular weight is 309 g/mol. The lowest BCUT2D eigenvalue weighted by molar-refractivity contribution is -0.158. The number of likely N-dealkylation sites (tertiary alicyclic amines) is 1. The van der Waals surface area contributed by atoms with E-state index in [9.17, 15) is 19.5 Å². The summed E-state index contributed by atoms with van der Waals surface area (Å²) in [7, 11) is 0. The van der Waals surface area contributed by atoms with Crippen LogP contribution in [0.1, 0.15) is 47.0 Å². The molecule has 0 aromatic rings. The Bertz CT molecular complexity index is 525. The van der Waals surface area contributed by atoms with Crippen LogP contribution in [-0.4, -0.2) is 46.0 Å². The van der Waals surface area contributed by atoms with Gasteiger partial charge in [0.2, 0.25) is 11.8 Å². The third-order valence-corrected chi connectivity index (χ3v) is 6.00. The topological polar surface area (TPSA) is 83.9 Å². The number of carboxylic acids is 1. The Labute approximate surface area is 129 Å². The number of hydrogen-bond acceptors (Lipinski definition) is 4. The molecule has 0 saturated carbocycles. The van der Waals surface area contributed by atoms with E-state index in [0.29, 0.717) is 0 Å². The number of ether oxygens (including phenoxy) is 1. The largest absolute Gasteiger partial charge is 0.480 e. The van der Waals surface area contributed by atoms with E-state index in [0.717, 1.165) is 17.7 Å². The molecule has 0 spiro atoms. The monoisotopic (exact) mass is 309 g/mol. The van der Waals surface area contributed by atoms with Crippen molar-refractivity contribution >= 4 is 17.8 Å². The zero-order valence-electron chi connectivity index (χ0n) is 13.5. The molecule has 6 heteroatoms. The zero-order valence-corrected chi connectivity index (χ0v) is 13.5. The van der Waals surface area contributed by atoms with Crippen LogP contribution in [0.15, 0.2) is 0 Å². The Morgan fingerprint density at radius 3 is 2.05 bits per heavy atom. The highest BCUT2D eigenvalue weighted by Crippen LogP contribution is 2.64. The first-order valence-corrected chi connectivity index (χ1v) is 7.92. The summed E-state index contributed by atoms with van der Waals surface area (Å²) in [4.78, 5) is 38.7. The quantitative estimate of drug-likeness (QED) is 0.794. The Morgan fingerprint density at radius 2 is 1.68 bits per heavy atom. The van der Waals surface area contributed by atoms with Crippen LogP contribution < -0.4 is 0 Å². The Balaban J connectivity index is 2.04. The van der Waals surface area contributed by atoms with Crippen molar-refractivity contribution in [3.8, 4) is 0 Å². The Morgan fingerprint density at radius 1 is 1.23 bits per heavy atom. The molecule has 0 aromatic carbocycles. The average Bonchev–Trinajstić information content (AvgIpc) is 3.03. The van der Waals surface area contributed by atoms with Gasteiger partial charge in [-0.1, -0.05) is 13.8 Å². The molecule has 0 aliphatic carbocycles. The highest BCUT2D eigenvalue weighted by atomic mass is 16.5. The number of amides is 2. The molecule has 3 rings (SSSR count). The number of imide groups is 1. The minimum Gasteiger partial charge on any atom is -0.480 e. The molecule has 2 bridgehead atoms. The number of carbonyl (C=O) groups is 3. The van der Waals surface area contributed by atoms with Crippen LogP contribution in [-0.2, 0) is 19.1 Å². The summed E-state index contributed by atoms with van der Waals surface area (Å²) in [6.07, 6.45) is 1.22. The molecular weight excluding hydrogens is 286 g/mol.